The van der Waals surface area contributed by atoms with E-state index < -0.39 is 0 Å². The lowest BCUT2D eigenvalue weighted by molar-refractivity contribution is -0.135. The summed E-state index contributed by atoms with van der Waals surface area (Å²) >= 11 is 0. The first-order chi connectivity index (χ1) is 11.5. The molecule has 3 rings (SSSR count). The molecule has 24 heavy (non-hydrogen) atoms. The molecule has 2 atom stereocenters. The van der Waals surface area contributed by atoms with Gasteiger partial charge < -0.3 is 10.2 Å². The Labute approximate surface area is 140 Å². The maximum atomic E-state index is 12.2. The summed E-state index contributed by atoms with van der Waals surface area (Å²) < 4.78 is 1.77. The summed E-state index contributed by atoms with van der Waals surface area (Å²) in [4.78, 5) is 22.5. The third-order valence-corrected chi connectivity index (χ3v) is 4.31. The molecule has 0 saturated carbocycles. The quantitative estimate of drug-likeness (QED) is 0.909. The zero-order valence-corrected chi connectivity index (χ0v) is 13.9. The van der Waals surface area contributed by atoms with E-state index >= 15 is 0 Å². The normalized spacial score (nSPS) is 20.8. The molecule has 3 heterocycles. The van der Waals surface area contributed by atoms with Crippen LogP contribution < -0.4 is 5.32 Å². The van der Waals surface area contributed by atoms with E-state index in [1.807, 2.05) is 26.1 Å². The molecule has 1 aliphatic heterocycles. The summed E-state index contributed by atoms with van der Waals surface area (Å²) in [5, 5.41) is 16.6. The molecular formula is C16H19N7O. The lowest BCUT2D eigenvalue weighted by Gasteiger charge is -2.39. The minimum atomic E-state index is -0.173. The number of hydrogen-bond acceptors (Lipinski definition) is 6. The van der Waals surface area contributed by atoms with Gasteiger partial charge in [-0.25, -0.2) is 9.97 Å². The molecule has 1 fully saturated rings. The number of piperidine rings is 1. The average Bonchev–Trinajstić information content (AvgIpc) is 2.96. The van der Waals surface area contributed by atoms with Crippen molar-refractivity contribution < 1.29 is 4.79 Å². The first-order valence-electron chi connectivity index (χ1n) is 7.75. The number of hydrogen-bond donors (Lipinski definition) is 1. The third kappa shape index (κ3) is 2.93. The van der Waals surface area contributed by atoms with Crippen LogP contribution in [0, 0.1) is 18.3 Å². The lowest BCUT2D eigenvalue weighted by atomic mass is 9.93. The first kappa shape index (κ1) is 15.9. The minimum absolute atomic E-state index is 0.0588. The van der Waals surface area contributed by atoms with Gasteiger partial charge in [-0.2, -0.15) is 10.4 Å². The fourth-order valence-corrected chi connectivity index (χ4v) is 3.12. The van der Waals surface area contributed by atoms with Crippen molar-refractivity contribution in [3.63, 3.8) is 0 Å². The maximum absolute atomic E-state index is 12.2. The highest BCUT2D eigenvalue weighted by Gasteiger charge is 2.36. The number of aryl methyl sites for hydroxylation is 2. The maximum Gasteiger partial charge on any atom is 0.224 e. The molecule has 0 bridgehead atoms. The highest BCUT2D eigenvalue weighted by molar-refractivity contribution is 5.77. The second-order valence-electron chi connectivity index (χ2n) is 5.95. The summed E-state index contributed by atoms with van der Waals surface area (Å²) in [5.74, 6) is 0.508. The zero-order valence-electron chi connectivity index (χ0n) is 13.9. The second-order valence-corrected chi connectivity index (χ2v) is 5.95. The van der Waals surface area contributed by atoms with Crippen molar-refractivity contribution >= 4 is 11.9 Å². The van der Waals surface area contributed by atoms with E-state index in [9.17, 15) is 4.79 Å². The number of carbonyl (C=O) groups is 1. The van der Waals surface area contributed by atoms with Gasteiger partial charge in [-0.05, 0) is 25.5 Å². The predicted molar refractivity (Wildman–Crippen MR) is 86.8 cm³/mol. The SMILES string of the molecule is Cc1cc(C#N)nc(N[C@@H]2CCC(=O)N(C)[C@H]2c2ccnn2C)n1. The van der Waals surface area contributed by atoms with Crippen molar-refractivity contribution in [3.8, 4) is 6.07 Å². The van der Waals surface area contributed by atoms with E-state index in [2.05, 4.69) is 20.4 Å². The standard InChI is InChI=1S/C16H19N7O/c1-10-8-11(9-17)20-16(19-10)21-12-4-5-14(24)22(2)15(12)13-6-7-18-23(13)3/h6-8,12,15H,4-5H2,1-3H3,(H,19,20,21)/t12-,15-/m1/s1. The van der Waals surface area contributed by atoms with E-state index in [0.717, 1.165) is 11.4 Å². The largest absolute Gasteiger partial charge is 0.349 e. The molecule has 2 aromatic heterocycles. The van der Waals surface area contributed by atoms with Crippen LogP contribution in [0.3, 0.4) is 0 Å². The van der Waals surface area contributed by atoms with Crippen LogP contribution in [0.1, 0.15) is 36.0 Å². The summed E-state index contributed by atoms with van der Waals surface area (Å²) in [6, 6.07) is 5.36. The monoisotopic (exact) mass is 325 g/mol. The van der Waals surface area contributed by atoms with Gasteiger partial charge in [0.1, 0.15) is 11.8 Å². The number of carbonyl (C=O) groups excluding carboxylic acids is 1. The van der Waals surface area contributed by atoms with Gasteiger partial charge in [0, 0.05) is 32.4 Å². The average molecular weight is 325 g/mol. The Hall–Kier alpha value is -2.95. The van der Waals surface area contributed by atoms with Gasteiger partial charge >= 0.3 is 0 Å². The minimum Gasteiger partial charge on any atom is -0.349 e. The Balaban J connectivity index is 1.93. The van der Waals surface area contributed by atoms with Gasteiger partial charge in [0.05, 0.1) is 17.8 Å². The molecule has 1 aliphatic rings. The van der Waals surface area contributed by atoms with Gasteiger partial charge in [0.15, 0.2) is 0 Å². The Kier molecular flexibility index (Phi) is 4.16. The molecule has 0 spiro atoms. The molecule has 8 nitrogen and oxygen atoms in total. The summed E-state index contributed by atoms with van der Waals surface area (Å²) in [6.07, 6.45) is 2.84. The second kappa shape index (κ2) is 6.28. The number of nitrogens with one attached hydrogen (secondary N) is 1. The fraction of sp³-hybridized carbons (Fsp3) is 0.438. The molecule has 2 aromatic rings. The number of likely N-dealkylation sites (N-methyl/N-ethyl adjacent to an activating group) is 1. The summed E-state index contributed by atoms with van der Waals surface area (Å²) in [5.41, 5.74) is 1.99. The number of likely N-dealkylation sites (tertiary alicyclic amines) is 1. The van der Waals surface area contributed by atoms with E-state index in [4.69, 9.17) is 5.26 Å². The molecule has 124 valence electrons. The van der Waals surface area contributed by atoms with Crippen molar-refractivity contribution in [2.45, 2.75) is 31.8 Å². The van der Waals surface area contributed by atoms with Gasteiger partial charge in [0.2, 0.25) is 11.9 Å². The Morgan fingerprint density at radius 3 is 2.83 bits per heavy atom. The third-order valence-electron chi connectivity index (χ3n) is 4.31. The van der Waals surface area contributed by atoms with E-state index in [-0.39, 0.29) is 18.0 Å². The van der Waals surface area contributed by atoms with Crippen LogP contribution >= 0.6 is 0 Å². The van der Waals surface area contributed by atoms with Crippen LogP contribution in [0.15, 0.2) is 18.3 Å². The molecule has 1 N–H and O–H groups in total. The number of aromatic nitrogens is 4. The predicted octanol–water partition coefficient (Wildman–Crippen LogP) is 1.16. The summed E-state index contributed by atoms with van der Waals surface area (Å²) in [6.45, 7) is 1.82. The van der Waals surface area contributed by atoms with Crippen LogP contribution in [-0.4, -0.2) is 43.6 Å². The molecule has 0 unspecified atom stereocenters. The van der Waals surface area contributed by atoms with Crippen LogP contribution in [-0.2, 0) is 11.8 Å². The van der Waals surface area contributed by atoms with Crippen molar-refractivity contribution in [3.05, 3.63) is 35.4 Å². The lowest BCUT2D eigenvalue weighted by Crippen LogP contribution is -2.47. The van der Waals surface area contributed by atoms with Crippen LogP contribution in [0.25, 0.3) is 0 Å². The van der Waals surface area contributed by atoms with E-state index in [1.165, 1.54) is 0 Å². The Morgan fingerprint density at radius 1 is 1.38 bits per heavy atom. The van der Waals surface area contributed by atoms with Gasteiger partial charge in [0.25, 0.3) is 0 Å². The van der Waals surface area contributed by atoms with Crippen LogP contribution in [0.5, 0.6) is 0 Å². The van der Waals surface area contributed by atoms with Gasteiger partial charge in [-0.1, -0.05) is 0 Å². The molecule has 1 saturated heterocycles. The van der Waals surface area contributed by atoms with E-state index in [1.54, 1.807) is 28.9 Å². The molecule has 0 aromatic carbocycles. The Bertz CT molecular complexity index is 807. The molecule has 0 aliphatic carbocycles. The molecular weight excluding hydrogens is 306 g/mol. The number of amides is 1. The van der Waals surface area contributed by atoms with Crippen LogP contribution in [0.2, 0.25) is 0 Å². The highest BCUT2D eigenvalue weighted by Crippen LogP contribution is 2.32. The fourth-order valence-electron chi connectivity index (χ4n) is 3.12. The molecule has 1 amide bonds. The molecule has 8 heteroatoms. The van der Waals surface area contributed by atoms with Crippen molar-refractivity contribution in [1.29, 1.82) is 5.26 Å². The summed E-state index contributed by atoms with van der Waals surface area (Å²) in [7, 11) is 3.65. The number of nitrogens with zero attached hydrogens (tertiary/aromatic N) is 6. The number of nitriles is 1. The highest BCUT2D eigenvalue weighted by atomic mass is 16.2. The van der Waals surface area contributed by atoms with Crippen molar-refractivity contribution in [2.24, 2.45) is 7.05 Å². The number of anilines is 1. The van der Waals surface area contributed by atoms with Crippen molar-refractivity contribution in [2.75, 3.05) is 12.4 Å². The van der Waals surface area contributed by atoms with Crippen molar-refractivity contribution in [1.82, 2.24) is 24.6 Å². The zero-order chi connectivity index (χ0) is 17.3. The first-order valence-corrected chi connectivity index (χ1v) is 7.75. The number of rotatable bonds is 3. The molecule has 0 radical (unpaired) electrons. The Morgan fingerprint density at radius 2 is 2.17 bits per heavy atom. The smallest absolute Gasteiger partial charge is 0.224 e. The van der Waals surface area contributed by atoms with Gasteiger partial charge in [-0.3, -0.25) is 9.48 Å². The topological polar surface area (TPSA) is 99.7 Å². The van der Waals surface area contributed by atoms with Crippen LogP contribution in [0.4, 0.5) is 5.95 Å². The van der Waals surface area contributed by atoms with Gasteiger partial charge in [-0.15, -0.1) is 0 Å². The van der Waals surface area contributed by atoms with E-state index in [0.29, 0.717) is 24.5 Å².